The van der Waals surface area contributed by atoms with E-state index in [4.69, 9.17) is 4.42 Å². The van der Waals surface area contributed by atoms with E-state index in [0.717, 1.165) is 18.8 Å². The Hall–Kier alpha value is -2.67. The largest absolute Gasteiger partial charge is 0.455 e. The first kappa shape index (κ1) is 17.7. The van der Waals surface area contributed by atoms with Crippen LogP contribution in [0.5, 0.6) is 0 Å². The third-order valence-electron chi connectivity index (χ3n) is 5.11. The quantitative estimate of drug-likeness (QED) is 0.896. The van der Waals surface area contributed by atoms with Gasteiger partial charge in [0.1, 0.15) is 17.6 Å². The van der Waals surface area contributed by atoms with Crippen molar-refractivity contribution >= 4 is 11.8 Å². The monoisotopic (exact) mass is 371 g/mol. The first-order valence-corrected chi connectivity index (χ1v) is 9.27. The van der Waals surface area contributed by atoms with Gasteiger partial charge in [-0.15, -0.1) is 0 Å². The molecule has 4 rings (SSSR count). The molecular formula is C20H22FN3O3. The van der Waals surface area contributed by atoms with E-state index in [2.05, 4.69) is 10.2 Å². The molecule has 1 atom stereocenters. The van der Waals surface area contributed by atoms with Gasteiger partial charge < -0.3 is 14.6 Å². The first-order chi connectivity index (χ1) is 13.1. The Balaban J connectivity index is 1.54. The summed E-state index contributed by atoms with van der Waals surface area (Å²) < 4.78 is 19.0. The van der Waals surface area contributed by atoms with Gasteiger partial charge in [0.2, 0.25) is 5.91 Å². The molecule has 0 spiro atoms. The average molecular weight is 371 g/mol. The fourth-order valence-corrected chi connectivity index (χ4v) is 3.74. The van der Waals surface area contributed by atoms with Crippen molar-refractivity contribution in [3.8, 4) is 0 Å². The Morgan fingerprint density at radius 1 is 1.11 bits per heavy atom. The Labute approximate surface area is 156 Å². The summed E-state index contributed by atoms with van der Waals surface area (Å²) in [5, 5.41) is 2.77. The van der Waals surface area contributed by atoms with E-state index in [1.165, 1.54) is 42.0 Å². The van der Waals surface area contributed by atoms with Gasteiger partial charge in [0, 0.05) is 13.1 Å². The summed E-state index contributed by atoms with van der Waals surface area (Å²) in [6, 6.07) is 8.35. The number of hydrogen-bond acceptors (Lipinski definition) is 4. The van der Waals surface area contributed by atoms with Crippen molar-refractivity contribution in [2.24, 2.45) is 0 Å². The predicted molar refractivity (Wildman–Crippen MR) is 96.4 cm³/mol. The molecular weight excluding hydrogens is 349 g/mol. The third kappa shape index (κ3) is 3.73. The van der Waals surface area contributed by atoms with Gasteiger partial charge in [0.25, 0.3) is 5.91 Å². The molecule has 1 unspecified atom stereocenters. The van der Waals surface area contributed by atoms with Crippen LogP contribution in [0.15, 0.2) is 40.8 Å². The molecule has 2 amide bonds. The van der Waals surface area contributed by atoms with Crippen molar-refractivity contribution in [3.05, 3.63) is 59.3 Å². The molecule has 142 valence electrons. The maximum atomic E-state index is 13.2. The highest BCUT2D eigenvalue weighted by Gasteiger charge is 2.36. The van der Waals surface area contributed by atoms with Crippen molar-refractivity contribution in [1.29, 1.82) is 0 Å². The summed E-state index contributed by atoms with van der Waals surface area (Å²) in [6.07, 6.45) is 2.38. The zero-order valence-corrected chi connectivity index (χ0v) is 15.0. The maximum Gasteiger partial charge on any atom is 0.290 e. The number of nitrogens with zero attached hydrogens (tertiary/aromatic N) is 2. The summed E-state index contributed by atoms with van der Waals surface area (Å²) in [5.41, 5.74) is 0.575. The molecule has 2 fully saturated rings. The van der Waals surface area contributed by atoms with Gasteiger partial charge in [-0.3, -0.25) is 14.5 Å². The van der Waals surface area contributed by atoms with Crippen LogP contribution in [0.25, 0.3) is 0 Å². The molecule has 0 bridgehead atoms. The minimum absolute atomic E-state index is 0.228. The van der Waals surface area contributed by atoms with Crippen LogP contribution in [-0.2, 0) is 11.3 Å². The summed E-state index contributed by atoms with van der Waals surface area (Å²) >= 11 is 0. The zero-order chi connectivity index (χ0) is 18.8. The molecule has 0 radical (unpaired) electrons. The van der Waals surface area contributed by atoms with E-state index in [9.17, 15) is 14.0 Å². The van der Waals surface area contributed by atoms with E-state index in [0.29, 0.717) is 25.2 Å². The number of hydrogen-bond donors (Lipinski definition) is 1. The van der Waals surface area contributed by atoms with Gasteiger partial charge in [-0.1, -0.05) is 12.1 Å². The first-order valence-electron chi connectivity index (χ1n) is 9.27. The zero-order valence-electron chi connectivity index (χ0n) is 15.0. The van der Waals surface area contributed by atoms with E-state index in [1.54, 1.807) is 6.07 Å². The van der Waals surface area contributed by atoms with E-state index >= 15 is 0 Å². The van der Waals surface area contributed by atoms with Crippen LogP contribution < -0.4 is 5.32 Å². The van der Waals surface area contributed by atoms with Crippen molar-refractivity contribution in [2.75, 3.05) is 26.2 Å². The summed E-state index contributed by atoms with van der Waals surface area (Å²) in [6.45, 7) is 3.53. The van der Waals surface area contributed by atoms with Gasteiger partial charge in [0.15, 0.2) is 5.76 Å². The second kappa shape index (κ2) is 7.52. The van der Waals surface area contributed by atoms with Crippen LogP contribution in [0.3, 0.4) is 0 Å². The number of halogens is 1. The molecule has 1 aromatic heterocycles. The lowest BCUT2D eigenvalue weighted by Gasteiger charge is -2.34. The number of nitrogens with one attached hydrogen (secondary N) is 1. The van der Waals surface area contributed by atoms with Crippen LogP contribution in [0, 0.1) is 5.82 Å². The van der Waals surface area contributed by atoms with Crippen LogP contribution in [0.4, 0.5) is 4.39 Å². The van der Waals surface area contributed by atoms with E-state index in [1.807, 2.05) is 6.07 Å². The topological polar surface area (TPSA) is 65.8 Å². The minimum atomic E-state index is -0.793. The Morgan fingerprint density at radius 2 is 1.85 bits per heavy atom. The standard InChI is InChI=1S/C20H22FN3O3/c21-15-5-3-14(4-6-15)18-19(25)22-9-12-24(18)20(26)17-8-7-16(27-17)13-23-10-1-2-11-23/h3-8,18H,1-2,9-13H2,(H,22,25). The summed E-state index contributed by atoms with van der Waals surface area (Å²) in [7, 11) is 0. The molecule has 2 saturated heterocycles. The van der Waals surface area contributed by atoms with Crippen molar-refractivity contribution < 1.29 is 18.4 Å². The predicted octanol–water partition coefficient (Wildman–Crippen LogP) is 2.33. The number of rotatable bonds is 4. The number of furan rings is 1. The molecule has 1 N–H and O–H groups in total. The highest BCUT2D eigenvalue weighted by molar-refractivity contribution is 5.96. The van der Waals surface area contributed by atoms with Crippen molar-refractivity contribution in [3.63, 3.8) is 0 Å². The molecule has 27 heavy (non-hydrogen) atoms. The Morgan fingerprint density at radius 3 is 2.59 bits per heavy atom. The van der Waals surface area contributed by atoms with Gasteiger partial charge >= 0.3 is 0 Å². The highest BCUT2D eigenvalue weighted by atomic mass is 19.1. The van der Waals surface area contributed by atoms with Gasteiger partial charge in [-0.2, -0.15) is 0 Å². The van der Waals surface area contributed by atoms with Crippen LogP contribution in [-0.4, -0.2) is 47.8 Å². The second-order valence-electron chi connectivity index (χ2n) is 6.99. The second-order valence-corrected chi connectivity index (χ2v) is 6.99. The number of carbonyl (C=O) groups excluding carboxylic acids is 2. The smallest absolute Gasteiger partial charge is 0.290 e. The molecule has 0 saturated carbocycles. The van der Waals surface area contributed by atoms with Crippen LogP contribution >= 0.6 is 0 Å². The normalized spacial score (nSPS) is 20.7. The van der Waals surface area contributed by atoms with E-state index < -0.39 is 6.04 Å². The molecule has 6 nitrogen and oxygen atoms in total. The molecule has 3 heterocycles. The molecule has 1 aromatic carbocycles. The molecule has 7 heteroatoms. The van der Waals surface area contributed by atoms with Crippen molar-refractivity contribution in [2.45, 2.75) is 25.4 Å². The Bertz CT molecular complexity index is 827. The third-order valence-corrected chi connectivity index (χ3v) is 5.11. The lowest BCUT2D eigenvalue weighted by atomic mass is 10.0. The molecule has 0 aliphatic carbocycles. The molecule has 2 aliphatic rings. The summed E-state index contributed by atoms with van der Waals surface area (Å²) in [4.78, 5) is 29.2. The number of likely N-dealkylation sites (tertiary alicyclic amines) is 1. The fourth-order valence-electron chi connectivity index (χ4n) is 3.74. The van der Waals surface area contributed by atoms with Crippen molar-refractivity contribution in [1.82, 2.24) is 15.1 Å². The van der Waals surface area contributed by atoms with Crippen LogP contribution in [0.2, 0.25) is 0 Å². The average Bonchev–Trinajstić information content (AvgIpc) is 3.34. The number of piperazine rings is 1. The van der Waals surface area contributed by atoms with Crippen LogP contribution in [0.1, 0.15) is 40.8 Å². The van der Waals surface area contributed by atoms with Gasteiger partial charge in [-0.25, -0.2) is 4.39 Å². The minimum Gasteiger partial charge on any atom is -0.455 e. The van der Waals surface area contributed by atoms with E-state index in [-0.39, 0.29) is 23.4 Å². The van der Waals surface area contributed by atoms with Gasteiger partial charge in [0.05, 0.1) is 6.54 Å². The number of benzene rings is 1. The van der Waals surface area contributed by atoms with Gasteiger partial charge in [-0.05, 0) is 55.8 Å². The number of amides is 2. The summed E-state index contributed by atoms with van der Waals surface area (Å²) in [5.74, 6) is -0.00612. The molecule has 2 aliphatic heterocycles. The lowest BCUT2D eigenvalue weighted by Crippen LogP contribution is -2.52. The fraction of sp³-hybridized carbons (Fsp3) is 0.400. The Kier molecular flexibility index (Phi) is 4.94. The number of carbonyl (C=O) groups is 2. The lowest BCUT2D eigenvalue weighted by molar-refractivity contribution is -0.128. The molecule has 2 aromatic rings. The maximum absolute atomic E-state index is 13.2. The SMILES string of the molecule is O=C1NCCN(C(=O)c2ccc(CN3CCCC3)o2)C1c1ccc(F)cc1. The highest BCUT2D eigenvalue weighted by Crippen LogP contribution is 2.26.